The maximum absolute atomic E-state index is 11.3. The number of rotatable bonds is 3. The van der Waals surface area contributed by atoms with E-state index in [2.05, 4.69) is 0 Å². The SMILES string of the molecule is COc1ccccc1CN(C)C(=O)C(N)=O. The lowest BCUT2D eigenvalue weighted by Crippen LogP contribution is -2.37. The van der Waals surface area contributed by atoms with Crippen LogP contribution in [0.4, 0.5) is 0 Å². The van der Waals surface area contributed by atoms with Gasteiger partial charge in [0.15, 0.2) is 0 Å². The van der Waals surface area contributed by atoms with E-state index in [-0.39, 0.29) is 6.54 Å². The predicted molar refractivity (Wildman–Crippen MR) is 58.7 cm³/mol. The molecule has 5 heteroatoms. The average molecular weight is 222 g/mol. The first-order chi connectivity index (χ1) is 7.56. The fourth-order valence-electron chi connectivity index (χ4n) is 1.35. The van der Waals surface area contributed by atoms with Crippen LogP contribution in [0.15, 0.2) is 24.3 Å². The number of benzene rings is 1. The molecule has 0 saturated carbocycles. The van der Waals surface area contributed by atoms with Gasteiger partial charge in [0.1, 0.15) is 5.75 Å². The van der Waals surface area contributed by atoms with Gasteiger partial charge in [-0.25, -0.2) is 0 Å². The van der Waals surface area contributed by atoms with E-state index in [1.165, 1.54) is 11.9 Å². The van der Waals surface area contributed by atoms with E-state index in [0.717, 1.165) is 5.56 Å². The molecule has 0 spiro atoms. The second-order valence-electron chi connectivity index (χ2n) is 3.34. The summed E-state index contributed by atoms with van der Waals surface area (Å²) in [5.41, 5.74) is 5.72. The van der Waals surface area contributed by atoms with Gasteiger partial charge < -0.3 is 15.4 Å². The van der Waals surface area contributed by atoms with Gasteiger partial charge in [0.05, 0.1) is 7.11 Å². The van der Waals surface area contributed by atoms with Gasteiger partial charge in [-0.15, -0.1) is 0 Å². The van der Waals surface area contributed by atoms with Crippen molar-refractivity contribution in [2.75, 3.05) is 14.2 Å². The van der Waals surface area contributed by atoms with Crippen molar-refractivity contribution in [3.63, 3.8) is 0 Å². The molecule has 0 aromatic heterocycles. The van der Waals surface area contributed by atoms with Crippen LogP contribution in [-0.2, 0) is 16.1 Å². The molecule has 1 rings (SSSR count). The smallest absolute Gasteiger partial charge is 0.311 e. The Morgan fingerprint density at radius 2 is 2.00 bits per heavy atom. The van der Waals surface area contributed by atoms with E-state index >= 15 is 0 Å². The first-order valence-electron chi connectivity index (χ1n) is 4.73. The Hall–Kier alpha value is -2.04. The lowest BCUT2D eigenvalue weighted by Gasteiger charge is -2.16. The second kappa shape index (κ2) is 5.16. The zero-order chi connectivity index (χ0) is 12.1. The molecule has 1 aromatic rings. The summed E-state index contributed by atoms with van der Waals surface area (Å²) in [6.07, 6.45) is 0. The zero-order valence-electron chi connectivity index (χ0n) is 9.27. The summed E-state index contributed by atoms with van der Waals surface area (Å²) in [7, 11) is 3.06. The summed E-state index contributed by atoms with van der Waals surface area (Å²) in [6.45, 7) is 0.284. The Morgan fingerprint density at radius 1 is 1.38 bits per heavy atom. The van der Waals surface area contributed by atoms with Gasteiger partial charge in [-0.1, -0.05) is 18.2 Å². The van der Waals surface area contributed by atoms with Gasteiger partial charge >= 0.3 is 11.8 Å². The molecule has 0 fully saturated rings. The molecule has 5 nitrogen and oxygen atoms in total. The van der Waals surface area contributed by atoms with Crippen molar-refractivity contribution in [1.29, 1.82) is 0 Å². The highest BCUT2D eigenvalue weighted by molar-refractivity contribution is 6.34. The molecular weight excluding hydrogens is 208 g/mol. The van der Waals surface area contributed by atoms with E-state index in [1.54, 1.807) is 13.2 Å². The molecule has 16 heavy (non-hydrogen) atoms. The molecule has 86 valence electrons. The normalized spacial score (nSPS) is 9.62. The Kier molecular flexibility index (Phi) is 3.88. The molecule has 0 atom stereocenters. The highest BCUT2D eigenvalue weighted by Crippen LogP contribution is 2.18. The Bertz CT molecular complexity index is 404. The first-order valence-corrected chi connectivity index (χ1v) is 4.73. The van der Waals surface area contributed by atoms with Crippen LogP contribution in [0.25, 0.3) is 0 Å². The third-order valence-electron chi connectivity index (χ3n) is 2.16. The lowest BCUT2D eigenvalue weighted by molar-refractivity contribution is -0.143. The molecule has 0 aliphatic rings. The number of ether oxygens (including phenoxy) is 1. The number of para-hydroxylation sites is 1. The van der Waals surface area contributed by atoms with Crippen molar-refractivity contribution in [1.82, 2.24) is 4.90 Å². The van der Waals surface area contributed by atoms with Gasteiger partial charge in [0.25, 0.3) is 0 Å². The zero-order valence-corrected chi connectivity index (χ0v) is 9.27. The third-order valence-corrected chi connectivity index (χ3v) is 2.16. The Labute approximate surface area is 93.8 Å². The molecule has 0 saturated heterocycles. The highest BCUT2D eigenvalue weighted by atomic mass is 16.5. The summed E-state index contributed by atoms with van der Waals surface area (Å²) in [6, 6.07) is 7.28. The number of hydrogen-bond acceptors (Lipinski definition) is 3. The van der Waals surface area contributed by atoms with Crippen LogP contribution in [0.2, 0.25) is 0 Å². The average Bonchev–Trinajstić information content (AvgIpc) is 2.28. The van der Waals surface area contributed by atoms with Crippen molar-refractivity contribution in [3.05, 3.63) is 29.8 Å². The van der Waals surface area contributed by atoms with Crippen molar-refractivity contribution in [3.8, 4) is 5.75 Å². The third kappa shape index (κ3) is 2.73. The second-order valence-corrected chi connectivity index (χ2v) is 3.34. The fraction of sp³-hybridized carbons (Fsp3) is 0.273. The monoisotopic (exact) mass is 222 g/mol. The topological polar surface area (TPSA) is 72.6 Å². The largest absolute Gasteiger partial charge is 0.496 e. The number of amides is 2. The Balaban J connectivity index is 2.80. The summed E-state index contributed by atoms with van der Waals surface area (Å²) in [4.78, 5) is 23.2. The predicted octanol–water partition coefficient (Wildman–Crippen LogP) is 0.139. The van der Waals surface area contributed by atoms with Gasteiger partial charge in [-0.2, -0.15) is 0 Å². The molecular formula is C11H14N2O3. The van der Waals surface area contributed by atoms with Crippen LogP contribution in [0, 0.1) is 0 Å². The van der Waals surface area contributed by atoms with Gasteiger partial charge in [-0.05, 0) is 6.07 Å². The van der Waals surface area contributed by atoms with Crippen molar-refractivity contribution in [2.45, 2.75) is 6.54 Å². The van der Waals surface area contributed by atoms with E-state index < -0.39 is 11.8 Å². The number of primary amides is 1. The quantitative estimate of drug-likeness (QED) is 0.739. The fourth-order valence-corrected chi connectivity index (χ4v) is 1.35. The number of hydrogen-bond donors (Lipinski definition) is 1. The number of nitrogens with zero attached hydrogens (tertiary/aromatic N) is 1. The molecule has 0 aliphatic heterocycles. The maximum atomic E-state index is 11.3. The summed E-state index contributed by atoms with van der Waals surface area (Å²) in [5, 5.41) is 0. The molecule has 0 bridgehead atoms. The van der Waals surface area contributed by atoms with Crippen molar-refractivity contribution < 1.29 is 14.3 Å². The minimum atomic E-state index is -0.961. The standard InChI is InChI=1S/C11H14N2O3/c1-13(11(15)10(12)14)7-8-5-3-4-6-9(8)16-2/h3-6H,7H2,1-2H3,(H2,12,14). The van der Waals surface area contributed by atoms with Crippen LogP contribution in [-0.4, -0.2) is 30.9 Å². The van der Waals surface area contributed by atoms with Crippen LogP contribution in [0.5, 0.6) is 5.75 Å². The molecule has 2 N–H and O–H groups in total. The number of methoxy groups -OCH3 is 1. The molecule has 0 unspecified atom stereocenters. The van der Waals surface area contributed by atoms with E-state index in [1.807, 2.05) is 18.2 Å². The van der Waals surface area contributed by atoms with Crippen molar-refractivity contribution in [2.24, 2.45) is 5.73 Å². The van der Waals surface area contributed by atoms with Crippen LogP contribution >= 0.6 is 0 Å². The van der Waals surface area contributed by atoms with Gasteiger partial charge in [-0.3, -0.25) is 9.59 Å². The number of carbonyl (C=O) groups excluding carboxylic acids is 2. The maximum Gasteiger partial charge on any atom is 0.311 e. The van der Waals surface area contributed by atoms with Crippen LogP contribution in [0.1, 0.15) is 5.56 Å². The summed E-state index contributed by atoms with van der Waals surface area (Å²) >= 11 is 0. The molecule has 0 aliphatic carbocycles. The van der Waals surface area contributed by atoms with E-state index in [4.69, 9.17) is 10.5 Å². The first kappa shape index (κ1) is 12.0. The molecule has 0 radical (unpaired) electrons. The summed E-state index contributed by atoms with van der Waals surface area (Å²) < 4.78 is 5.13. The van der Waals surface area contributed by atoms with Gasteiger partial charge in [0, 0.05) is 19.2 Å². The Morgan fingerprint density at radius 3 is 2.56 bits per heavy atom. The highest BCUT2D eigenvalue weighted by Gasteiger charge is 2.16. The number of carbonyl (C=O) groups is 2. The number of likely N-dealkylation sites (N-methyl/N-ethyl adjacent to an activating group) is 1. The lowest BCUT2D eigenvalue weighted by atomic mass is 10.2. The minimum absolute atomic E-state index is 0.284. The molecule has 1 aromatic carbocycles. The minimum Gasteiger partial charge on any atom is -0.496 e. The van der Waals surface area contributed by atoms with Crippen LogP contribution < -0.4 is 10.5 Å². The summed E-state index contributed by atoms with van der Waals surface area (Å²) in [5.74, 6) is -1.00. The van der Waals surface area contributed by atoms with E-state index in [0.29, 0.717) is 5.75 Å². The molecule has 2 amide bonds. The van der Waals surface area contributed by atoms with E-state index in [9.17, 15) is 9.59 Å². The molecule has 0 heterocycles. The van der Waals surface area contributed by atoms with Gasteiger partial charge in [0.2, 0.25) is 0 Å². The number of nitrogens with two attached hydrogens (primary N) is 1. The van der Waals surface area contributed by atoms with Crippen LogP contribution in [0.3, 0.4) is 0 Å². The van der Waals surface area contributed by atoms with Crippen molar-refractivity contribution >= 4 is 11.8 Å².